The molecule has 22 heavy (non-hydrogen) atoms. The lowest BCUT2D eigenvalue weighted by molar-refractivity contribution is 0.600. The SMILES string of the molecule is Cc1cc(C)c(S(=O)(=O)Nc2cc(Cl)c(Cl)cc2Cl)c(C)c1. The van der Waals surface area contributed by atoms with Crippen LogP contribution < -0.4 is 4.72 Å². The Morgan fingerprint density at radius 1 is 0.818 bits per heavy atom. The lowest BCUT2D eigenvalue weighted by Crippen LogP contribution is -2.16. The van der Waals surface area contributed by atoms with E-state index in [4.69, 9.17) is 34.8 Å². The smallest absolute Gasteiger partial charge is 0.262 e. The van der Waals surface area contributed by atoms with Gasteiger partial charge < -0.3 is 0 Å². The molecule has 2 rings (SSSR count). The highest BCUT2D eigenvalue weighted by Crippen LogP contribution is 2.34. The monoisotopic (exact) mass is 377 g/mol. The second-order valence-corrected chi connectivity index (χ2v) is 7.92. The van der Waals surface area contributed by atoms with Gasteiger partial charge in [0.15, 0.2) is 0 Å². The Labute approximate surface area is 145 Å². The van der Waals surface area contributed by atoms with E-state index in [-0.39, 0.29) is 25.7 Å². The molecule has 2 aromatic carbocycles. The number of hydrogen-bond donors (Lipinski definition) is 1. The molecule has 0 bridgehead atoms. The second kappa shape index (κ2) is 6.28. The molecule has 3 nitrogen and oxygen atoms in total. The van der Waals surface area contributed by atoms with Gasteiger partial charge in [0.1, 0.15) is 0 Å². The average Bonchev–Trinajstić information content (AvgIpc) is 2.33. The zero-order chi connectivity index (χ0) is 16.7. The van der Waals surface area contributed by atoms with Gasteiger partial charge in [0, 0.05) is 0 Å². The molecule has 0 atom stereocenters. The highest BCUT2D eigenvalue weighted by atomic mass is 35.5. The number of hydrogen-bond acceptors (Lipinski definition) is 2. The van der Waals surface area contributed by atoms with Crippen LogP contribution >= 0.6 is 34.8 Å². The summed E-state index contributed by atoms with van der Waals surface area (Å²) in [5.74, 6) is 0. The third-order valence-corrected chi connectivity index (χ3v) is 5.83. The summed E-state index contributed by atoms with van der Waals surface area (Å²) in [6.45, 7) is 5.43. The molecule has 0 spiro atoms. The third-order valence-electron chi connectivity index (χ3n) is 3.13. The molecule has 0 unspecified atom stereocenters. The van der Waals surface area contributed by atoms with E-state index >= 15 is 0 Å². The van der Waals surface area contributed by atoms with Crippen LogP contribution in [-0.4, -0.2) is 8.42 Å². The lowest BCUT2D eigenvalue weighted by Gasteiger charge is -2.15. The molecular formula is C15H14Cl3NO2S. The molecule has 7 heteroatoms. The number of benzene rings is 2. The summed E-state index contributed by atoms with van der Waals surface area (Å²) < 4.78 is 27.8. The Kier molecular flexibility index (Phi) is 4.97. The van der Waals surface area contributed by atoms with Crippen LogP contribution in [0.3, 0.4) is 0 Å². The Hall–Kier alpha value is -0.940. The summed E-state index contributed by atoms with van der Waals surface area (Å²) >= 11 is 17.8. The predicted molar refractivity (Wildman–Crippen MR) is 92.9 cm³/mol. The quantitative estimate of drug-likeness (QED) is 0.729. The first-order valence-corrected chi connectivity index (χ1v) is 8.98. The van der Waals surface area contributed by atoms with Gasteiger partial charge in [0.25, 0.3) is 10.0 Å². The molecule has 1 N–H and O–H groups in total. The van der Waals surface area contributed by atoms with E-state index in [0.717, 1.165) is 5.56 Å². The first-order valence-electron chi connectivity index (χ1n) is 6.37. The van der Waals surface area contributed by atoms with E-state index in [9.17, 15) is 8.42 Å². The van der Waals surface area contributed by atoms with Crippen molar-refractivity contribution < 1.29 is 8.42 Å². The third kappa shape index (κ3) is 3.51. The van der Waals surface area contributed by atoms with E-state index in [1.54, 1.807) is 13.8 Å². The zero-order valence-electron chi connectivity index (χ0n) is 12.2. The molecule has 0 amide bonds. The minimum atomic E-state index is -3.78. The summed E-state index contributed by atoms with van der Waals surface area (Å²) in [6.07, 6.45) is 0. The van der Waals surface area contributed by atoms with Crippen molar-refractivity contribution in [3.8, 4) is 0 Å². The fraction of sp³-hybridized carbons (Fsp3) is 0.200. The van der Waals surface area contributed by atoms with Crippen molar-refractivity contribution in [2.24, 2.45) is 0 Å². The number of rotatable bonds is 3. The van der Waals surface area contributed by atoms with Crippen molar-refractivity contribution in [2.75, 3.05) is 4.72 Å². The minimum Gasteiger partial charge on any atom is -0.278 e. The Morgan fingerprint density at radius 2 is 1.32 bits per heavy atom. The molecule has 0 aliphatic carbocycles. The van der Waals surface area contributed by atoms with Gasteiger partial charge in [0.2, 0.25) is 0 Å². The zero-order valence-corrected chi connectivity index (χ0v) is 15.3. The number of halogens is 3. The van der Waals surface area contributed by atoms with Crippen LogP contribution in [0.15, 0.2) is 29.2 Å². The van der Waals surface area contributed by atoms with Crippen molar-refractivity contribution in [1.82, 2.24) is 0 Å². The van der Waals surface area contributed by atoms with Crippen molar-refractivity contribution in [2.45, 2.75) is 25.7 Å². The van der Waals surface area contributed by atoms with Crippen LogP contribution in [0.2, 0.25) is 15.1 Å². The predicted octanol–water partition coefficient (Wildman–Crippen LogP) is 5.37. The first kappa shape index (κ1) is 17.4. The molecule has 118 valence electrons. The summed E-state index contributed by atoms with van der Waals surface area (Å²) in [5, 5.41) is 0.666. The van der Waals surface area contributed by atoms with Gasteiger partial charge >= 0.3 is 0 Å². The molecule has 0 saturated heterocycles. The van der Waals surface area contributed by atoms with E-state index in [1.807, 2.05) is 19.1 Å². The lowest BCUT2D eigenvalue weighted by atomic mass is 10.1. The molecule has 0 aromatic heterocycles. The summed E-state index contributed by atoms with van der Waals surface area (Å²) in [6, 6.07) is 6.43. The van der Waals surface area contributed by atoms with Gasteiger partial charge in [-0.25, -0.2) is 8.42 Å². The molecule has 0 aliphatic rings. The number of anilines is 1. The summed E-state index contributed by atoms with van der Waals surface area (Å²) in [4.78, 5) is 0.236. The maximum Gasteiger partial charge on any atom is 0.262 e. The summed E-state index contributed by atoms with van der Waals surface area (Å²) in [7, 11) is -3.78. The fourth-order valence-corrected chi connectivity index (χ4v) is 4.56. The molecule has 0 fully saturated rings. The van der Waals surface area contributed by atoms with Crippen molar-refractivity contribution >= 4 is 50.5 Å². The van der Waals surface area contributed by atoms with E-state index in [0.29, 0.717) is 11.1 Å². The number of nitrogens with one attached hydrogen (secondary N) is 1. The number of aryl methyl sites for hydroxylation is 3. The van der Waals surface area contributed by atoms with Gasteiger partial charge in [-0.05, 0) is 44.0 Å². The van der Waals surface area contributed by atoms with Crippen LogP contribution in [0, 0.1) is 20.8 Å². The van der Waals surface area contributed by atoms with Crippen LogP contribution in [0.1, 0.15) is 16.7 Å². The topological polar surface area (TPSA) is 46.2 Å². The highest BCUT2D eigenvalue weighted by molar-refractivity contribution is 7.92. The Morgan fingerprint density at radius 3 is 1.86 bits per heavy atom. The molecule has 0 heterocycles. The van der Waals surface area contributed by atoms with Gasteiger partial charge in [-0.1, -0.05) is 52.5 Å². The minimum absolute atomic E-state index is 0.181. The van der Waals surface area contributed by atoms with Gasteiger partial charge in [-0.2, -0.15) is 0 Å². The van der Waals surface area contributed by atoms with Crippen molar-refractivity contribution in [3.05, 3.63) is 56.0 Å². The van der Waals surface area contributed by atoms with Gasteiger partial charge in [0.05, 0.1) is 25.7 Å². The maximum absolute atomic E-state index is 12.7. The second-order valence-electron chi connectivity index (χ2n) is 5.08. The Balaban J connectivity index is 2.52. The average molecular weight is 379 g/mol. The van der Waals surface area contributed by atoms with Crippen LogP contribution in [0.4, 0.5) is 5.69 Å². The first-order chi connectivity index (χ1) is 10.1. The van der Waals surface area contributed by atoms with Crippen LogP contribution in [-0.2, 0) is 10.0 Å². The maximum atomic E-state index is 12.7. The van der Waals surface area contributed by atoms with Crippen LogP contribution in [0.25, 0.3) is 0 Å². The van der Waals surface area contributed by atoms with Gasteiger partial charge in [-0.15, -0.1) is 0 Å². The Bertz CT molecular complexity index is 825. The standard InChI is InChI=1S/C15H14Cl3NO2S/c1-8-4-9(2)15(10(3)5-8)22(20,21)19-14-7-12(17)11(16)6-13(14)18/h4-7,19H,1-3H3. The van der Waals surface area contributed by atoms with E-state index < -0.39 is 10.0 Å². The van der Waals surface area contributed by atoms with Crippen molar-refractivity contribution in [3.63, 3.8) is 0 Å². The van der Waals surface area contributed by atoms with E-state index in [2.05, 4.69) is 4.72 Å². The van der Waals surface area contributed by atoms with Gasteiger partial charge in [-0.3, -0.25) is 4.72 Å². The highest BCUT2D eigenvalue weighted by Gasteiger charge is 2.21. The van der Waals surface area contributed by atoms with Crippen LogP contribution in [0.5, 0.6) is 0 Å². The molecule has 0 radical (unpaired) electrons. The number of sulfonamides is 1. The molecule has 2 aromatic rings. The summed E-state index contributed by atoms with van der Waals surface area (Å²) in [5.41, 5.74) is 2.53. The molecular weight excluding hydrogens is 365 g/mol. The largest absolute Gasteiger partial charge is 0.278 e. The fourth-order valence-electron chi connectivity index (χ4n) is 2.39. The van der Waals surface area contributed by atoms with E-state index in [1.165, 1.54) is 12.1 Å². The molecule has 0 saturated carbocycles. The normalized spacial score (nSPS) is 11.5. The molecule has 0 aliphatic heterocycles. The van der Waals surface area contributed by atoms with Crippen molar-refractivity contribution in [1.29, 1.82) is 0 Å².